The first-order valence-corrected chi connectivity index (χ1v) is 15.3. The molecule has 2 amide bonds. The second kappa shape index (κ2) is 11.0. The van der Waals surface area contributed by atoms with E-state index in [0.717, 1.165) is 29.7 Å². The molecule has 5 rings (SSSR count). The molecule has 0 radical (unpaired) electrons. The SMILES string of the molecule is Cc1c(S(=O)(=O)N2CCn3nccc3C2)cc(C(=O)NCc2ccccc2C2CCCN2C(=O)OC(C)(C)C)n1C. The van der Waals surface area contributed by atoms with Gasteiger partial charge in [0.1, 0.15) is 16.2 Å². The summed E-state index contributed by atoms with van der Waals surface area (Å²) in [6.07, 6.45) is 3.00. The lowest BCUT2D eigenvalue weighted by molar-refractivity contribution is 0.0223. The van der Waals surface area contributed by atoms with Crippen LogP contribution in [0.1, 0.15) is 72.7 Å². The molecule has 220 valence electrons. The Bertz CT molecular complexity index is 1570. The van der Waals surface area contributed by atoms with E-state index in [-0.39, 0.29) is 41.7 Å². The molecule has 4 heterocycles. The third kappa shape index (κ3) is 5.76. The number of carbonyl (C=O) groups is 2. The molecular formula is C29H38N6O5S. The Morgan fingerprint density at radius 2 is 1.88 bits per heavy atom. The average Bonchev–Trinajstić information content (AvgIpc) is 3.66. The predicted molar refractivity (Wildman–Crippen MR) is 152 cm³/mol. The van der Waals surface area contributed by atoms with E-state index in [0.29, 0.717) is 25.3 Å². The number of hydrogen-bond acceptors (Lipinski definition) is 6. The third-order valence-electron chi connectivity index (χ3n) is 7.78. The van der Waals surface area contributed by atoms with Crippen molar-refractivity contribution in [2.45, 2.75) is 76.7 Å². The van der Waals surface area contributed by atoms with Crippen LogP contribution in [-0.2, 0) is 41.4 Å². The minimum Gasteiger partial charge on any atom is -0.444 e. The van der Waals surface area contributed by atoms with Gasteiger partial charge in [-0.3, -0.25) is 9.48 Å². The second-order valence-electron chi connectivity index (χ2n) is 11.6. The number of rotatable bonds is 6. The number of benzene rings is 1. The quantitative estimate of drug-likeness (QED) is 0.473. The number of aromatic nitrogens is 3. The van der Waals surface area contributed by atoms with Crippen molar-refractivity contribution in [1.82, 2.24) is 28.9 Å². The first-order chi connectivity index (χ1) is 19.4. The number of fused-ring (bicyclic) bond motifs is 1. The molecule has 0 bridgehead atoms. The molecule has 1 atom stereocenters. The first-order valence-electron chi connectivity index (χ1n) is 13.9. The molecular weight excluding hydrogens is 544 g/mol. The summed E-state index contributed by atoms with van der Waals surface area (Å²) in [5.74, 6) is -0.376. The van der Waals surface area contributed by atoms with Gasteiger partial charge in [-0.15, -0.1) is 0 Å². The van der Waals surface area contributed by atoms with Crippen molar-refractivity contribution in [3.8, 4) is 0 Å². The van der Waals surface area contributed by atoms with Crippen LogP contribution in [0.3, 0.4) is 0 Å². The lowest BCUT2D eigenvalue weighted by Gasteiger charge is -2.29. The van der Waals surface area contributed by atoms with Gasteiger partial charge in [-0.05, 0) is 63.8 Å². The fourth-order valence-corrected chi connectivity index (χ4v) is 7.25. The summed E-state index contributed by atoms with van der Waals surface area (Å²) in [4.78, 5) is 28.1. The van der Waals surface area contributed by atoms with Crippen LogP contribution < -0.4 is 5.32 Å². The van der Waals surface area contributed by atoms with Crippen molar-refractivity contribution in [2.75, 3.05) is 13.1 Å². The summed E-state index contributed by atoms with van der Waals surface area (Å²) in [5.41, 5.74) is 2.85. The number of likely N-dealkylation sites (tertiary alicyclic amines) is 1. The molecule has 2 aliphatic heterocycles. The van der Waals surface area contributed by atoms with E-state index >= 15 is 0 Å². The minimum absolute atomic E-state index is 0.123. The van der Waals surface area contributed by atoms with E-state index in [4.69, 9.17) is 4.74 Å². The van der Waals surface area contributed by atoms with Crippen molar-refractivity contribution in [3.63, 3.8) is 0 Å². The van der Waals surface area contributed by atoms with Gasteiger partial charge in [0.15, 0.2) is 0 Å². The maximum absolute atomic E-state index is 13.6. The zero-order valence-corrected chi connectivity index (χ0v) is 25.1. The molecule has 1 saturated heterocycles. The maximum atomic E-state index is 13.6. The van der Waals surface area contributed by atoms with Crippen LogP contribution in [0, 0.1) is 6.92 Å². The molecule has 0 aliphatic carbocycles. The summed E-state index contributed by atoms with van der Waals surface area (Å²) in [6, 6.07) is 10.9. The Morgan fingerprint density at radius 3 is 2.63 bits per heavy atom. The number of ether oxygens (including phenoxy) is 1. The van der Waals surface area contributed by atoms with Crippen LogP contribution in [0.15, 0.2) is 47.5 Å². The van der Waals surface area contributed by atoms with Gasteiger partial charge in [0.2, 0.25) is 10.0 Å². The van der Waals surface area contributed by atoms with E-state index in [1.165, 1.54) is 10.4 Å². The van der Waals surface area contributed by atoms with Crippen molar-refractivity contribution < 1.29 is 22.7 Å². The van der Waals surface area contributed by atoms with E-state index in [1.54, 1.807) is 34.3 Å². The van der Waals surface area contributed by atoms with Crippen LogP contribution in [0.25, 0.3) is 0 Å². The van der Waals surface area contributed by atoms with Crippen LogP contribution in [-0.4, -0.2) is 62.7 Å². The maximum Gasteiger partial charge on any atom is 0.410 e. The summed E-state index contributed by atoms with van der Waals surface area (Å²) < 4.78 is 37.7. The summed E-state index contributed by atoms with van der Waals surface area (Å²) in [5, 5.41) is 7.19. The number of hydrogen-bond donors (Lipinski definition) is 1. The monoisotopic (exact) mass is 582 g/mol. The Kier molecular flexibility index (Phi) is 7.73. The number of nitrogens with one attached hydrogen (secondary N) is 1. The molecule has 41 heavy (non-hydrogen) atoms. The van der Waals surface area contributed by atoms with Gasteiger partial charge in [-0.25, -0.2) is 13.2 Å². The largest absolute Gasteiger partial charge is 0.444 e. The molecule has 1 fully saturated rings. The van der Waals surface area contributed by atoms with Gasteiger partial charge < -0.3 is 19.5 Å². The normalized spacial score (nSPS) is 17.9. The Hall–Kier alpha value is -3.64. The van der Waals surface area contributed by atoms with Crippen LogP contribution in [0.5, 0.6) is 0 Å². The second-order valence-corrected chi connectivity index (χ2v) is 13.5. The molecule has 2 aliphatic rings. The van der Waals surface area contributed by atoms with Crippen molar-refractivity contribution in [2.24, 2.45) is 7.05 Å². The predicted octanol–water partition coefficient (Wildman–Crippen LogP) is 3.74. The summed E-state index contributed by atoms with van der Waals surface area (Å²) in [7, 11) is -2.12. The zero-order chi connectivity index (χ0) is 29.5. The topological polar surface area (TPSA) is 119 Å². The highest BCUT2D eigenvalue weighted by molar-refractivity contribution is 7.89. The minimum atomic E-state index is -3.82. The van der Waals surface area contributed by atoms with Crippen LogP contribution in [0.4, 0.5) is 4.79 Å². The van der Waals surface area contributed by atoms with E-state index in [2.05, 4.69) is 10.4 Å². The van der Waals surface area contributed by atoms with E-state index < -0.39 is 15.6 Å². The molecule has 3 aromatic rings. The lowest BCUT2D eigenvalue weighted by Crippen LogP contribution is -2.38. The van der Waals surface area contributed by atoms with Gasteiger partial charge in [0, 0.05) is 38.6 Å². The fraction of sp³-hybridized carbons (Fsp3) is 0.483. The summed E-state index contributed by atoms with van der Waals surface area (Å²) in [6.45, 7) is 9.12. The molecule has 1 N–H and O–H groups in total. The molecule has 0 saturated carbocycles. The lowest BCUT2D eigenvalue weighted by atomic mass is 9.98. The van der Waals surface area contributed by atoms with Crippen molar-refractivity contribution in [3.05, 3.63) is 70.8 Å². The highest BCUT2D eigenvalue weighted by atomic mass is 32.2. The van der Waals surface area contributed by atoms with Crippen LogP contribution >= 0.6 is 0 Å². The number of carbonyl (C=O) groups excluding carboxylic acids is 2. The van der Waals surface area contributed by atoms with Crippen LogP contribution in [0.2, 0.25) is 0 Å². The molecule has 12 heteroatoms. The van der Waals surface area contributed by atoms with Crippen molar-refractivity contribution in [1.29, 1.82) is 0 Å². The average molecular weight is 583 g/mol. The van der Waals surface area contributed by atoms with Crippen molar-refractivity contribution >= 4 is 22.0 Å². The van der Waals surface area contributed by atoms with Gasteiger partial charge >= 0.3 is 6.09 Å². The molecule has 1 aromatic carbocycles. The van der Waals surface area contributed by atoms with E-state index in [9.17, 15) is 18.0 Å². The highest BCUT2D eigenvalue weighted by Crippen LogP contribution is 2.35. The highest BCUT2D eigenvalue weighted by Gasteiger charge is 2.35. The Morgan fingerprint density at radius 1 is 1.12 bits per heavy atom. The van der Waals surface area contributed by atoms with Gasteiger partial charge in [0.05, 0.1) is 24.8 Å². The molecule has 0 spiro atoms. The molecule has 2 aromatic heterocycles. The number of nitrogens with zero attached hydrogens (tertiary/aromatic N) is 5. The standard InChI is InChI=1S/C29H38N6O5S/c1-20-26(41(38,39)33-15-16-35-22(19-33)12-13-31-35)17-25(32(20)5)27(36)30-18-21-9-6-7-10-23(21)24-11-8-14-34(24)28(37)40-29(2,3)4/h6-7,9-10,12-13,17,24H,8,11,14-16,18-19H2,1-5H3,(H,30,36). The van der Waals surface area contributed by atoms with Gasteiger partial charge in [-0.2, -0.15) is 9.40 Å². The number of amides is 2. The Balaban J connectivity index is 1.32. The summed E-state index contributed by atoms with van der Waals surface area (Å²) >= 11 is 0. The molecule has 1 unspecified atom stereocenters. The molecule has 11 nitrogen and oxygen atoms in total. The number of sulfonamides is 1. The Labute approximate surface area is 241 Å². The first kappa shape index (κ1) is 28.9. The van der Waals surface area contributed by atoms with Gasteiger partial charge in [0.25, 0.3) is 5.91 Å². The van der Waals surface area contributed by atoms with Gasteiger partial charge in [-0.1, -0.05) is 24.3 Å². The third-order valence-corrected chi connectivity index (χ3v) is 9.74. The smallest absolute Gasteiger partial charge is 0.410 e. The fourth-order valence-electron chi connectivity index (χ4n) is 5.57. The van der Waals surface area contributed by atoms with E-state index in [1.807, 2.05) is 51.1 Å². The zero-order valence-electron chi connectivity index (χ0n) is 24.3.